The Labute approximate surface area is 116 Å². The first-order valence-electron chi connectivity index (χ1n) is 5.23. The molecule has 0 spiro atoms. The van der Waals surface area contributed by atoms with Crippen LogP contribution >= 0.6 is 15.9 Å². The lowest BCUT2D eigenvalue weighted by Gasteiger charge is -2.08. The zero-order chi connectivity index (χ0) is 14.0. The third-order valence-corrected chi connectivity index (χ3v) is 2.93. The standard InChI is InChI=1S/C12H9BrFN3O2/c13-7-1-3-11(9(14)5-7)16-8-2-4-12(17(18)19)10(15)6-8/h1-6,16H,15H2. The molecule has 2 rings (SSSR count). The van der Waals surface area contributed by atoms with Crippen LogP contribution in [0, 0.1) is 15.9 Å². The average Bonchev–Trinajstić information content (AvgIpc) is 2.32. The summed E-state index contributed by atoms with van der Waals surface area (Å²) in [5.41, 5.74) is 6.13. The molecule has 2 aromatic rings. The first kappa shape index (κ1) is 13.3. The van der Waals surface area contributed by atoms with E-state index >= 15 is 0 Å². The number of benzene rings is 2. The number of anilines is 3. The van der Waals surface area contributed by atoms with Gasteiger partial charge < -0.3 is 11.1 Å². The molecule has 0 bridgehead atoms. The topological polar surface area (TPSA) is 81.2 Å². The molecule has 0 atom stereocenters. The highest BCUT2D eigenvalue weighted by atomic mass is 79.9. The number of nitrogens with one attached hydrogen (secondary N) is 1. The summed E-state index contributed by atoms with van der Waals surface area (Å²) >= 11 is 3.16. The molecule has 19 heavy (non-hydrogen) atoms. The quantitative estimate of drug-likeness (QED) is 0.510. The van der Waals surface area contributed by atoms with Gasteiger partial charge in [-0.3, -0.25) is 10.1 Å². The van der Waals surface area contributed by atoms with Crippen molar-refractivity contribution in [2.45, 2.75) is 0 Å². The van der Waals surface area contributed by atoms with Crippen molar-refractivity contribution < 1.29 is 9.31 Å². The van der Waals surface area contributed by atoms with Crippen molar-refractivity contribution in [3.63, 3.8) is 0 Å². The largest absolute Gasteiger partial charge is 0.393 e. The smallest absolute Gasteiger partial charge is 0.292 e. The Morgan fingerprint density at radius 2 is 2.00 bits per heavy atom. The molecule has 7 heteroatoms. The van der Waals surface area contributed by atoms with Crippen molar-refractivity contribution in [3.8, 4) is 0 Å². The summed E-state index contributed by atoms with van der Waals surface area (Å²) in [6, 6.07) is 8.68. The summed E-state index contributed by atoms with van der Waals surface area (Å²) in [7, 11) is 0. The van der Waals surface area contributed by atoms with Crippen LogP contribution in [0.4, 0.5) is 27.1 Å². The van der Waals surface area contributed by atoms with E-state index < -0.39 is 10.7 Å². The van der Waals surface area contributed by atoms with Gasteiger partial charge in [-0.25, -0.2) is 4.39 Å². The number of hydrogen-bond acceptors (Lipinski definition) is 4. The van der Waals surface area contributed by atoms with Gasteiger partial charge in [0.1, 0.15) is 11.5 Å². The molecule has 0 aliphatic heterocycles. The zero-order valence-corrected chi connectivity index (χ0v) is 11.1. The number of nitro groups is 1. The average molecular weight is 326 g/mol. The molecular formula is C12H9BrFN3O2. The van der Waals surface area contributed by atoms with Gasteiger partial charge in [-0.2, -0.15) is 0 Å². The van der Waals surface area contributed by atoms with Crippen LogP contribution < -0.4 is 11.1 Å². The second-order valence-electron chi connectivity index (χ2n) is 3.78. The van der Waals surface area contributed by atoms with Gasteiger partial charge >= 0.3 is 0 Å². The van der Waals surface area contributed by atoms with E-state index in [1.807, 2.05) is 0 Å². The lowest BCUT2D eigenvalue weighted by Crippen LogP contribution is -1.98. The second kappa shape index (κ2) is 5.23. The summed E-state index contributed by atoms with van der Waals surface area (Å²) in [5.74, 6) is -0.439. The minimum absolute atomic E-state index is 0.0209. The molecule has 0 amide bonds. The minimum atomic E-state index is -0.570. The van der Waals surface area contributed by atoms with Gasteiger partial charge in [-0.05, 0) is 30.3 Å². The minimum Gasteiger partial charge on any atom is -0.393 e. The third kappa shape index (κ3) is 3.00. The molecule has 5 nitrogen and oxygen atoms in total. The molecule has 0 heterocycles. The molecule has 0 radical (unpaired) electrons. The van der Waals surface area contributed by atoms with E-state index in [9.17, 15) is 14.5 Å². The van der Waals surface area contributed by atoms with E-state index in [1.165, 1.54) is 24.3 Å². The van der Waals surface area contributed by atoms with Gasteiger partial charge in [0.15, 0.2) is 0 Å². The van der Waals surface area contributed by atoms with Crippen LogP contribution in [-0.2, 0) is 0 Å². The van der Waals surface area contributed by atoms with Gasteiger partial charge in [0, 0.05) is 16.2 Å². The van der Waals surface area contributed by atoms with Crippen LogP contribution in [0.3, 0.4) is 0 Å². The third-order valence-electron chi connectivity index (χ3n) is 2.43. The highest BCUT2D eigenvalue weighted by Crippen LogP contribution is 2.28. The first-order chi connectivity index (χ1) is 8.97. The summed E-state index contributed by atoms with van der Waals surface area (Å²) < 4.78 is 14.2. The Morgan fingerprint density at radius 1 is 1.26 bits per heavy atom. The lowest BCUT2D eigenvalue weighted by molar-refractivity contribution is -0.383. The van der Waals surface area contributed by atoms with E-state index in [0.717, 1.165) is 0 Å². The molecule has 0 aliphatic carbocycles. The summed E-state index contributed by atoms with van der Waals surface area (Å²) in [6.45, 7) is 0. The highest BCUT2D eigenvalue weighted by molar-refractivity contribution is 9.10. The Kier molecular flexibility index (Phi) is 3.66. The molecule has 98 valence electrons. The Bertz CT molecular complexity index is 649. The number of nitrogens with two attached hydrogens (primary N) is 1. The number of nitro benzene ring substituents is 1. The number of rotatable bonds is 3. The van der Waals surface area contributed by atoms with Crippen LogP contribution in [-0.4, -0.2) is 4.92 Å². The fourth-order valence-corrected chi connectivity index (χ4v) is 1.88. The molecule has 0 saturated heterocycles. The molecule has 0 saturated carbocycles. The normalized spacial score (nSPS) is 10.2. The number of nitrogen functional groups attached to an aromatic ring is 1. The Hall–Kier alpha value is -2.15. The van der Waals surface area contributed by atoms with E-state index in [2.05, 4.69) is 21.2 Å². The van der Waals surface area contributed by atoms with Crippen molar-refractivity contribution in [2.24, 2.45) is 0 Å². The molecule has 0 aromatic heterocycles. The highest BCUT2D eigenvalue weighted by Gasteiger charge is 2.11. The fourth-order valence-electron chi connectivity index (χ4n) is 1.54. The van der Waals surface area contributed by atoms with Crippen molar-refractivity contribution in [1.29, 1.82) is 0 Å². The van der Waals surface area contributed by atoms with Gasteiger partial charge in [-0.15, -0.1) is 0 Å². The van der Waals surface area contributed by atoms with Crippen LogP contribution in [0.5, 0.6) is 0 Å². The van der Waals surface area contributed by atoms with E-state index in [-0.39, 0.29) is 17.1 Å². The first-order valence-corrected chi connectivity index (χ1v) is 6.02. The van der Waals surface area contributed by atoms with Crippen molar-refractivity contribution in [3.05, 3.63) is 56.8 Å². The molecule has 0 unspecified atom stereocenters. The summed E-state index contributed by atoms with van der Waals surface area (Å²) in [4.78, 5) is 10.1. The lowest BCUT2D eigenvalue weighted by atomic mass is 10.2. The maximum atomic E-state index is 13.6. The summed E-state index contributed by atoms with van der Waals surface area (Å²) in [5, 5.41) is 13.4. The molecular weight excluding hydrogens is 317 g/mol. The number of nitrogens with zero attached hydrogens (tertiary/aromatic N) is 1. The van der Waals surface area contributed by atoms with E-state index in [1.54, 1.807) is 12.1 Å². The van der Waals surface area contributed by atoms with Crippen molar-refractivity contribution >= 4 is 38.7 Å². The summed E-state index contributed by atoms with van der Waals surface area (Å²) in [6.07, 6.45) is 0. The van der Waals surface area contributed by atoms with Crippen LogP contribution in [0.1, 0.15) is 0 Å². The fraction of sp³-hybridized carbons (Fsp3) is 0. The van der Waals surface area contributed by atoms with Crippen LogP contribution in [0.15, 0.2) is 40.9 Å². The van der Waals surface area contributed by atoms with Crippen LogP contribution in [0.25, 0.3) is 0 Å². The molecule has 0 fully saturated rings. The number of hydrogen-bond donors (Lipinski definition) is 2. The predicted molar refractivity (Wildman–Crippen MR) is 74.9 cm³/mol. The Morgan fingerprint density at radius 3 is 2.58 bits per heavy atom. The van der Waals surface area contributed by atoms with Crippen LogP contribution in [0.2, 0.25) is 0 Å². The maximum absolute atomic E-state index is 13.6. The van der Waals surface area contributed by atoms with Gasteiger partial charge in [-0.1, -0.05) is 15.9 Å². The van der Waals surface area contributed by atoms with Crippen molar-refractivity contribution in [2.75, 3.05) is 11.1 Å². The van der Waals surface area contributed by atoms with E-state index in [0.29, 0.717) is 10.2 Å². The number of halogens is 2. The zero-order valence-electron chi connectivity index (χ0n) is 9.56. The van der Waals surface area contributed by atoms with Gasteiger partial charge in [0.2, 0.25) is 0 Å². The predicted octanol–water partition coefficient (Wildman–Crippen LogP) is 3.82. The SMILES string of the molecule is Nc1cc(Nc2ccc(Br)cc2F)ccc1[N+](=O)[O-]. The Balaban J connectivity index is 2.29. The van der Waals surface area contributed by atoms with Gasteiger partial charge in [0.25, 0.3) is 5.69 Å². The van der Waals surface area contributed by atoms with Gasteiger partial charge in [0.05, 0.1) is 10.6 Å². The monoisotopic (exact) mass is 325 g/mol. The van der Waals surface area contributed by atoms with E-state index in [4.69, 9.17) is 5.73 Å². The maximum Gasteiger partial charge on any atom is 0.292 e. The molecule has 2 aromatic carbocycles. The molecule has 3 N–H and O–H groups in total. The molecule has 0 aliphatic rings. The second-order valence-corrected chi connectivity index (χ2v) is 4.70. The van der Waals surface area contributed by atoms with Crippen molar-refractivity contribution in [1.82, 2.24) is 0 Å².